The fraction of sp³-hybridized carbons (Fsp3) is 0.278. The van der Waals surface area contributed by atoms with Crippen LogP contribution in [0, 0.1) is 13.8 Å². The summed E-state index contributed by atoms with van der Waals surface area (Å²) in [6.45, 7) is 3.66. The van der Waals surface area contributed by atoms with Crippen molar-refractivity contribution >= 4 is 16.7 Å². The van der Waals surface area contributed by atoms with Crippen LogP contribution in [0.4, 0.5) is 0 Å². The number of aromatic amines is 1. The number of hydrogen-bond acceptors (Lipinski definition) is 5. The zero-order valence-electron chi connectivity index (χ0n) is 14.6. The van der Waals surface area contributed by atoms with Gasteiger partial charge in [-0.15, -0.1) is 0 Å². The predicted octanol–water partition coefficient (Wildman–Crippen LogP) is 0.456. The standard InChI is InChI=1S/C18H19N5O3/c1-11-14-5-3-4-6-15(14)18(26)23(22-11)10-17(25)19-8-7-13-9-16(24)21-12(2)20-13/h3-6,9H,7-8,10H2,1-2H3,(H,19,25)(H,20,21,24). The highest BCUT2D eigenvalue weighted by Gasteiger charge is 2.10. The molecule has 0 radical (unpaired) electrons. The molecule has 1 aromatic carbocycles. The van der Waals surface area contributed by atoms with Gasteiger partial charge in [-0.25, -0.2) is 9.67 Å². The van der Waals surface area contributed by atoms with E-state index in [-0.39, 0.29) is 23.6 Å². The average molecular weight is 353 g/mol. The van der Waals surface area contributed by atoms with E-state index in [0.29, 0.717) is 35.6 Å². The van der Waals surface area contributed by atoms with Gasteiger partial charge < -0.3 is 10.3 Å². The minimum atomic E-state index is -0.323. The number of aryl methyl sites for hydroxylation is 2. The van der Waals surface area contributed by atoms with Gasteiger partial charge in [0.1, 0.15) is 12.4 Å². The number of carbonyl (C=O) groups is 1. The fourth-order valence-corrected chi connectivity index (χ4v) is 2.80. The zero-order chi connectivity index (χ0) is 18.7. The van der Waals surface area contributed by atoms with Crippen LogP contribution in [-0.4, -0.2) is 32.2 Å². The van der Waals surface area contributed by atoms with Crippen molar-refractivity contribution in [1.82, 2.24) is 25.1 Å². The van der Waals surface area contributed by atoms with Crippen LogP contribution in [0.1, 0.15) is 17.2 Å². The van der Waals surface area contributed by atoms with E-state index in [2.05, 4.69) is 20.4 Å². The molecule has 0 atom stereocenters. The minimum absolute atomic E-state index is 0.160. The van der Waals surface area contributed by atoms with Crippen molar-refractivity contribution < 1.29 is 4.79 Å². The molecule has 134 valence electrons. The summed E-state index contributed by atoms with van der Waals surface area (Å²) in [5.74, 6) is 0.206. The SMILES string of the molecule is Cc1nc(CCNC(=O)Cn2nc(C)c3ccccc3c2=O)cc(=O)[nH]1. The van der Waals surface area contributed by atoms with Gasteiger partial charge in [-0.05, 0) is 19.9 Å². The monoisotopic (exact) mass is 353 g/mol. The second kappa shape index (κ2) is 7.30. The molecule has 0 unspecified atom stereocenters. The van der Waals surface area contributed by atoms with Crippen molar-refractivity contribution in [3.63, 3.8) is 0 Å². The molecule has 3 rings (SSSR count). The number of amides is 1. The maximum absolute atomic E-state index is 12.5. The summed E-state index contributed by atoms with van der Waals surface area (Å²) in [6, 6.07) is 8.58. The molecule has 0 saturated heterocycles. The lowest BCUT2D eigenvalue weighted by Crippen LogP contribution is -2.35. The van der Waals surface area contributed by atoms with E-state index in [1.165, 1.54) is 10.7 Å². The molecule has 1 amide bonds. The Morgan fingerprint density at radius 2 is 1.92 bits per heavy atom. The summed E-state index contributed by atoms with van der Waals surface area (Å²) in [5.41, 5.74) is 0.772. The summed E-state index contributed by atoms with van der Waals surface area (Å²) in [6.07, 6.45) is 0.426. The number of hydrogen-bond donors (Lipinski definition) is 2. The van der Waals surface area contributed by atoms with Gasteiger partial charge >= 0.3 is 0 Å². The van der Waals surface area contributed by atoms with Crippen molar-refractivity contribution in [2.75, 3.05) is 6.54 Å². The summed E-state index contributed by atoms with van der Waals surface area (Å²) in [4.78, 5) is 42.8. The van der Waals surface area contributed by atoms with Crippen LogP contribution in [0.3, 0.4) is 0 Å². The molecule has 8 nitrogen and oxygen atoms in total. The van der Waals surface area contributed by atoms with Crippen LogP contribution < -0.4 is 16.4 Å². The van der Waals surface area contributed by atoms with E-state index in [4.69, 9.17) is 0 Å². The van der Waals surface area contributed by atoms with E-state index in [1.54, 1.807) is 26.0 Å². The Morgan fingerprint density at radius 3 is 2.65 bits per heavy atom. The molecular formula is C18H19N5O3. The van der Waals surface area contributed by atoms with Gasteiger partial charge in [-0.2, -0.15) is 5.10 Å². The van der Waals surface area contributed by atoms with E-state index >= 15 is 0 Å². The lowest BCUT2D eigenvalue weighted by atomic mass is 10.1. The number of aromatic nitrogens is 4. The molecule has 0 aliphatic rings. The zero-order valence-corrected chi connectivity index (χ0v) is 14.6. The van der Waals surface area contributed by atoms with Crippen LogP contribution in [-0.2, 0) is 17.8 Å². The Hall–Kier alpha value is -3.29. The minimum Gasteiger partial charge on any atom is -0.354 e. The Balaban J connectivity index is 1.67. The van der Waals surface area contributed by atoms with E-state index in [9.17, 15) is 14.4 Å². The van der Waals surface area contributed by atoms with Crippen LogP contribution in [0.2, 0.25) is 0 Å². The number of nitrogens with zero attached hydrogens (tertiary/aromatic N) is 3. The maximum Gasteiger partial charge on any atom is 0.275 e. The van der Waals surface area contributed by atoms with Gasteiger partial charge in [0.15, 0.2) is 0 Å². The van der Waals surface area contributed by atoms with E-state index in [1.807, 2.05) is 12.1 Å². The topological polar surface area (TPSA) is 110 Å². The number of rotatable bonds is 5. The van der Waals surface area contributed by atoms with Gasteiger partial charge in [0.25, 0.3) is 11.1 Å². The van der Waals surface area contributed by atoms with Crippen LogP contribution in [0.25, 0.3) is 10.8 Å². The van der Waals surface area contributed by atoms with Gasteiger partial charge in [0, 0.05) is 30.1 Å². The van der Waals surface area contributed by atoms with Gasteiger partial charge in [-0.3, -0.25) is 14.4 Å². The highest BCUT2D eigenvalue weighted by atomic mass is 16.2. The number of H-pyrrole nitrogens is 1. The summed E-state index contributed by atoms with van der Waals surface area (Å²) in [5, 5.41) is 8.26. The molecule has 2 N–H and O–H groups in total. The van der Waals surface area contributed by atoms with Crippen LogP contribution in [0.15, 0.2) is 39.9 Å². The van der Waals surface area contributed by atoms with Gasteiger partial charge in [0.05, 0.1) is 11.1 Å². The van der Waals surface area contributed by atoms with Gasteiger partial charge in [-0.1, -0.05) is 18.2 Å². The van der Waals surface area contributed by atoms with Crippen molar-refractivity contribution in [2.24, 2.45) is 0 Å². The summed E-state index contributed by atoms with van der Waals surface area (Å²) in [7, 11) is 0. The van der Waals surface area contributed by atoms with Crippen molar-refractivity contribution in [3.8, 4) is 0 Å². The molecule has 2 aromatic heterocycles. The summed E-state index contributed by atoms with van der Waals surface area (Å²) >= 11 is 0. The first-order valence-corrected chi connectivity index (χ1v) is 8.24. The Labute approximate surface area is 148 Å². The molecule has 0 saturated carbocycles. The molecule has 0 aliphatic heterocycles. The molecule has 0 fully saturated rings. The number of carbonyl (C=O) groups excluding carboxylic acids is 1. The molecule has 0 aliphatic carbocycles. The van der Waals surface area contributed by atoms with Crippen molar-refractivity contribution in [1.29, 1.82) is 0 Å². The Morgan fingerprint density at radius 1 is 1.19 bits per heavy atom. The highest BCUT2D eigenvalue weighted by Crippen LogP contribution is 2.11. The normalized spacial score (nSPS) is 10.8. The molecule has 0 bridgehead atoms. The molecule has 0 spiro atoms. The first-order chi connectivity index (χ1) is 12.4. The molecule has 2 heterocycles. The third-order valence-electron chi connectivity index (χ3n) is 3.96. The maximum atomic E-state index is 12.5. The number of nitrogens with one attached hydrogen (secondary N) is 2. The highest BCUT2D eigenvalue weighted by molar-refractivity contribution is 5.83. The lowest BCUT2D eigenvalue weighted by Gasteiger charge is -2.09. The van der Waals surface area contributed by atoms with Crippen LogP contribution in [0.5, 0.6) is 0 Å². The third kappa shape index (κ3) is 3.85. The van der Waals surface area contributed by atoms with E-state index in [0.717, 1.165) is 5.39 Å². The fourth-order valence-electron chi connectivity index (χ4n) is 2.80. The first-order valence-electron chi connectivity index (χ1n) is 8.24. The Bertz CT molecular complexity index is 1080. The molecule has 3 aromatic rings. The number of benzene rings is 1. The summed E-state index contributed by atoms with van der Waals surface area (Å²) < 4.78 is 1.17. The quantitative estimate of drug-likeness (QED) is 0.692. The second-order valence-corrected chi connectivity index (χ2v) is 6.02. The Kier molecular flexibility index (Phi) is 4.92. The second-order valence-electron chi connectivity index (χ2n) is 6.02. The van der Waals surface area contributed by atoms with Crippen LogP contribution >= 0.6 is 0 Å². The van der Waals surface area contributed by atoms with E-state index < -0.39 is 0 Å². The van der Waals surface area contributed by atoms with Gasteiger partial charge in [0.2, 0.25) is 5.91 Å². The number of fused-ring (bicyclic) bond motifs is 1. The van der Waals surface area contributed by atoms with Crippen molar-refractivity contribution in [2.45, 2.75) is 26.8 Å². The predicted molar refractivity (Wildman–Crippen MR) is 97.0 cm³/mol. The van der Waals surface area contributed by atoms with Crippen molar-refractivity contribution in [3.05, 3.63) is 68.3 Å². The molecule has 26 heavy (non-hydrogen) atoms. The lowest BCUT2D eigenvalue weighted by molar-refractivity contribution is -0.121. The molecule has 8 heteroatoms. The molecular weight excluding hydrogens is 334 g/mol. The largest absolute Gasteiger partial charge is 0.354 e. The average Bonchev–Trinajstić information content (AvgIpc) is 2.58. The first kappa shape index (κ1) is 17.5. The smallest absolute Gasteiger partial charge is 0.275 e. The third-order valence-corrected chi connectivity index (χ3v) is 3.96.